The predicted octanol–water partition coefficient (Wildman–Crippen LogP) is 4.93. The van der Waals surface area contributed by atoms with Crippen molar-refractivity contribution in [3.05, 3.63) is 86.3 Å². The van der Waals surface area contributed by atoms with Gasteiger partial charge in [0.25, 0.3) is 0 Å². The summed E-state index contributed by atoms with van der Waals surface area (Å²) in [6.07, 6.45) is 1.72. The van der Waals surface area contributed by atoms with Crippen LogP contribution in [0.3, 0.4) is 0 Å². The molecule has 34 heavy (non-hydrogen) atoms. The Bertz CT molecular complexity index is 1160. The van der Waals surface area contributed by atoms with Crippen molar-refractivity contribution >= 4 is 63.8 Å². The number of rotatable bonds is 6. The maximum Gasteiger partial charge on any atom is 0.488 e. The predicted molar refractivity (Wildman–Crippen MR) is 142 cm³/mol. The van der Waals surface area contributed by atoms with Crippen LogP contribution < -0.4 is 14.9 Å². The summed E-state index contributed by atoms with van der Waals surface area (Å²) in [5.41, 5.74) is 1.57. The number of carbonyl (C=O) groups is 2. The highest BCUT2D eigenvalue weighted by molar-refractivity contribution is 9.11. The van der Waals surface area contributed by atoms with Crippen molar-refractivity contribution in [2.24, 2.45) is 0 Å². The highest BCUT2D eigenvalue weighted by atomic mass is 79.9. The summed E-state index contributed by atoms with van der Waals surface area (Å²) < 4.78 is 11.0. The van der Waals surface area contributed by atoms with Crippen LogP contribution in [0.15, 0.2) is 76.6 Å². The summed E-state index contributed by atoms with van der Waals surface area (Å²) in [7, 11) is 1.80. The quantitative estimate of drug-likeness (QED) is 0.256. The average molecular weight is 561 g/mol. The summed E-state index contributed by atoms with van der Waals surface area (Å²) in [6, 6.07) is 21.8. The number of carbonyl (C=O) groups excluding carboxylic acids is 2. The Morgan fingerprint density at radius 1 is 0.735 bits per heavy atom. The first kappa shape index (κ1) is 27.5. The molecule has 2 aromatic carbocycles. The molecule has 6 nitrogen and oxygen atoms in total. The minimum Gasteiger partial charge on any atom is -0.497 e. The molecule has 176 valence electrons. The van der Waals surface area contributed by atoms with Crippen LogP contribution >= 0.6 is 38.6 Å². The molecule has 2 aromatic heterocycles. The molecule has 0 amide bonds. The van der Waals surface area contributed by atoms with Crippen molar-refractivity contribution in [2.45, 2.75) is 0 Å². The fourth-order valence-corrected chi connectivity index (χ4v) is 4.56. The van der Waals surface area contributed by atoms with Crippen molar-refractivity contribution in [1.82, 2.24) is 0 Å². The van der Waals surface area contributed by atoms with Gasteiger partial charge in [0.2, 0.25) is 0 Å². The van der Waals surface area contributed by atoms with Crippen LogP contribution in [0.1, 0.15) is 19.3 Å². The maximum absolute atomic E-state index is 10.5. The van der Waals surface area contributed by atoms with Gasteiger partial charge in [0.1, 0.15) is 11.5 Å². The fourth-order valence-electron chi connectivity index (χ4n) is 2.49. The topological polar surface area (TPSA) is 93.1 Å². The van der Waals surface area contributed by atoms with Crippen LogP contribution in [-0.4, -0.2) is 44.0 Å². The molecule has 0 aliphatic heterocycles. The monoisotopic (exact) mass is 560 g/mol. The van der Waals surface area contributed by atoms with Crippen LogP contribution in [0.2, 0.25) is 0 Å². The van der Waals surface area contributed by atoms with E-state index < -0.39 is 7.12 Å². The first-order chi connectivity index (χ1) is 16.4. The molecule has 0 radical (unpaired) electrons. The largest absolute Gasteiger partial charge is 0.497 e. The molecule has 0 aliphatic rings. The van der Waals surface area contributed by atoms with Crippen molar-refractivity contribution in [1.29, 1.82) is 0 Å². The van der Waals surface area contributed by atoms with Crippen LogP contribution in [-0.2, 0) is 0 Å². The number of methoxy groups -OCH3 is 2. The number of thiophene rings is 2. The second-order valence-corrected chi connectivity index (χ2v) is 10.1. The van der Waals surface area contributed by atoms with E-state index in [0.717, 1.165) is 42.3 Å². The lowest BCUT2D eigenvalue weighted by atomic mass is 9.80. The molecule has 10 heteroatoms. The van der Waals surface area contributed by atoms with E-state index in [1.807, 2.05) is 42.5 Å². The summed E-state index contributed by atoms with van der Waals surface area (Å²) >= 11 is 6.16. The van der Waals surface area contributed by atoms with Crippen molar-refractivity contribution < 1.29 is 29.1 Å². The molecule has 0 bridgehead atoms. The highest BCUT2D eigenvalue weighted by Crippen LogP contribution is 2.28. The first-order valence-corrected chi connectivity index (χ1v) is 12.2. The Hall–Kier alpha value is -2.76. The van der Waals surface area contributed by atoms with E-state index in [4.69, 9.17) is 19.5 Å². The summed E-state index contributed by atoms with van der Waals surface area (Å²) in [4.78, 5) is 23.2. The Balaban J connectivity index is 0.000000190. The highest BCUT2D eigenvalue weighted by Gasteiger charge is 2.09. The molecule has 0 aliphatic carbocycles. The SMILES string of the molecule is COc1ccc(-c2ccc(C=O)s2)cc1.COc1ccc(B(O)O)cc1.O=Cc1ccc(Br)s1. The van der Waals surface area contributed by atoms with E-state index in [0.29, 0.717) is 11.2 Å². The lowest BCUT2D eigenvalue weighted by Crippen LogP contribution is -2.29. The number of aldehydes is 2. The minimum atomic E-state index is -1.40. The minimum absolute atomic E-state index is 0.464. The first-order valence-electron chi connectivity index (χ1n) is 9.80. The van der Waals surface area contributed by atoms with E-state index in [2.05, 4.69) is 15.9 Å². The third-order valence-corrected chi connectivity index (χ3v) is 6.85. The smallest absolute Gasteiger partial charge is 0.488 e. The van der Waals surface area contributed by atoms with Crippen molar-refractivity contribution in [3.8, 4) is 21.9 Å². The molecular weight excluding hydrogens is 539 g/mol. The number of ether oxygens (including phenoxy) is 2. The summed E-state index contributed by atoms with van der Waals surface area (Å²) in [5, 5.41) is 17.4. The standard InChI is InChI=1S/C12H10O2S.C7H9BO3.C5H3BrOS/c1-14-10-4-2-9(3-5-10)12-7-6-11(8-13)15-12;1-11-7-4-2-6(3-5-7)8(9)10;6-5-2-1-4(3-7)8-5/h2-8H,1H3;2-5,9-10H,1H3;1-3H. The van der Waals surface area contributed by atoms with Gasteiger partial charge in [-0.3, -0.25) is 9.59 Å². The van der Waals surface area contributed by atoms with Gasteiger partial charge in [0, 0.05) is 4.88 Å². The lowest BCUT2D eigenvalue weighted by molar-refractivity contribution is 0.111. The Morgan fingerprint density at radius 3 is 1.62 bits per heavy atom. The van der Waals surface area contributed by atoms with Gasteiger partial charge in [0.15, 0.2) is 12.6 Å². The maximum atomic E-state index is 10.5. The number of halogens is 1. The van der Waals surface area contributed by atoms with Crippen LogP contribution in [0.25, 0.3) is 10.4 Å². The summed E-state index contributed by atoms with van der Waals surface area (Å²) in [5.74, 6) is 1.54. The fraction of sp³-hybridized carbons (Fsp3) is 0.0833. The molecule has 2 N–H and O–H groups in total. The number of benzene rings is 2. The van der Waals surface area contributed by atoms with E-state index in [9.17, 15) is 9.59 Å². The van der Waals surface area contributed by atoms with Gasteiger partial charge in [0.05, 0.1) is 27.8 Å². The van der Waals surface area contributed by atoms with Crippen LogP contribution in [0.4, 0.5) is 0 Å². The van der Waals surface area contributed by atoms with E-state index in [1.165, 1.54) is 22.7 Å². The average Bonchev–Trinajstić information content (AvgIpc) is 3.54. The van der Waals surface area contributed by atoms with E-state index >= 15 is 0 Å². The molecule has 0 saturated heterocycles. The van der Waals surface area contributed by atoms with E-state index in [1.54, 1.807) is 44.6 Å². The van der Waals surface area contributed by atoms with Gasteiger partial charge in [-0.25, -0.2) is 0 Å². The number of hydrogen-bond donors (Lipinski definition) is 2. The van der Waals surface area contributed by atoms with Gasteiger partial charge < -0.3 is 19.5 Å². The Kier molecular flexibility index (Phi) is 11.7. The summed E-state index contributed by atoms with van der Waals surface area (Å²) in [6.45, 7) is 0. The molecule has 0 saturated carbocycles. The van der Waals surface area contributed by atoms with Gasteiger partial charge >= 0.3 is 7.12 Å². The molecule has 0 fully saturated rings. The molecule has 2 heterocycles. The van der Waals surface area contributed by atoms with Gasteiger partial charge in [-0.05, 0) is 87.6 Å². The third kappa shape index (κ3) is 8.88. The third-order valence-electron chi connectivity index (χ3n) is 4.24. The van der Waals surface area contributed by atoms with Gasteiger partial charge in [-0.15, -0.1) is 22.7 Å². The van der Waals surface area contributed by atoms with E-state index in [-0.39, 0.29) is 0 Å². The lowest BCUT2D eigenvalue weighted by Gasteiger charge is -2.00. The molecule has 0 unspecified atom stereocenters. The molecule has 4 aromatic rings. The number of hydrogen-bond acceptors (Lipinski definition) is 8. The molecule has 0 atom stereocenters. The van der Waals surface area contributed by atoms with Crippen molar-refractivity contribution in [2.75, 3.05) is 14.2 Å². The van der Waals surface area contributed by atoms with Crippen molar-refractivity contribution in [3.63, 3.8) is 0 Å². The second-order valence-electron chi connectivity index (χ2n) is 6.45. The zero-order valence-corrected chi connectivity index (χ0v) is 21.6. The second kappa shape index (κ2) is 14.5. The van der Waals surface area contributed by atoms with Crippen LogP contribution in [0, 0.1) is 0 Å². The normalized spacial score (nSPS) is 9.56. The zero-order valence-electron chi connectivity index (χ0n) is 18.4. The van der Waals surface area contributed by atoms with Crippen LogP contribution in [0.5, 0.6) is 11.5 Å². The molecular formula is C24H22BBrO6S2. The Morgan fingerprint density at radius 2 is 1.24 bits per heavy atom. The Labute approximate surface area is 214 Å². The van der Waals surface area contributed by atoms with Gasteiger partial charge in [-0.2, -0.15) is 0 Å². The molecule has 4 rings (SSSR count). The zero-order chi connectivity index (χ0) is 24.9. The molecule has 0 spiro atoms. The van der Waals surface area contributed by atoms with Gasteiger partial charge in [-0.1, -0.05) is 12.1 Å².